The summed E-state index contributed by atoms with van der Waals surface area (Å²) < 4.78 is 38.5. The fraction of sp³-hybridized carbons (Fsp3) is 0.909. The molecule has 1 aliphatic rings. The van der Waals surface area contributed by atoms with Crippen molar-refractivity contribution in [2.24, 2.45) is 5.92 Å². The maximum Gasteiger partial charge on any atom is 0.408 e. The van der Waals surface area contributed by atoms with Crippen LogP contribution in [0.15, 0.2) is 0 Å². The molecule has 0 aromatic rings. The lowest BCUT2D eigenvalue weighted by molar-refractivity contribution is -0.171. The van der Waals surface area contributed by atoms with Gasteiger partial charge in [-0.15, -0.1) is 12.4 Å². The van der Waals surface area contributed by atoms with Crippen molar-refractivity contribution >= 4 is 18.3 Å². The van der Waals surface area contributed by atoms with Crippen molar-refractivity contribution in [2.45, 2.75) is 44.3 Å². The quantitative estimate of drug-likeness (QED) is 0.815. The number of halogens is 4. The van der Waals surface area contributed by atoms with Gasteiger partial charge in [0.15, 0.2) is 0 Å². The molecule has 1 amide bonds. The smallest absolute Gasteiger partial charge is 0.344 e. The molecule has 2 N–H and O–H groups in total. The van der Waals surface area contributed by atoms with E-state index in [0.717, 1.165) is 12.8 Å². The van der Waals surface area contributed by atoms with Crippen LogP contribution in [0.25, 0.3) is 0 Å². The van der Waals surface area contributed by atoms with Crippen molar-refractivity contribution < 1.29 is 18.0 Å². The van der Waals surface area contributed by atoms with Crippen LogP contribution >= 0.6 is 12.4 Å². The lowest BCUT2D eigenvalue weighted by Gasteiger charge is -2.27. The van der Waals surface area contributed by atoms with E-state index in [-0.39, 0.29) is 18.8 Å². The molecule has 0 spiro atoms. The zero-order valence-corrected chi connectivity index (χ0v) is 11.2. The minimum atomic E-state index is -4.34. The lowest BCUT2D eigenvalue weighted by atomic mass is 9.97. The van der Waals surface area contributed by atoms with Gasteiger partial charge in [0.1, 0.15) is 6.04 Å². The van der Waals surface area contributed by atoms with Crippen molar-refractivity contribution in [3.63, 3.8) is 0 Å². The van der Waals surface area contributed by atoms with Gasteiger partial charge in [-0.2, -0.15) is 13.2 Å². The van der Waals surface area contributed by atoms with Gasteiger partial charge in [-0.3, -0.25) is 4.79 Å². The van der Waals surface area contributed by atoms with Crippen LogP contribution in [0.5, 0.6) is 0 Å². The second kappa shape index (κ2) is 7.84. The first-order valence-electron chi connectivity index (χ1n) is 5.96. The largest absolute Gasteiger partial charge is 0.408 e. The van der Waals surface area contributed by atoms with E-state index in [2.05, 4.69) is 10.6 Å². The van der Waals surface area contributed by atoms with E-state index in [9.17, 15) is 18.0 Å². The fourth-order valence-corrected chi connectivity index (χ4v) is 2.24. The van der Waals surface area contributed by atoms with Crippen molar-refractivity contribution in [3.05, 3.63) is 0 Å². The standard InChI is InChI=1S/C11H19F3N2O.ClH/c1-15-7-6-9(17)16-10(11(12,13)14)8-4-2-3-5-8;/h8,10,15H,2-7H2,1H3,(H,16,17);1H. The number of rotatable bonds is 5. The topological polar surface area (TPSA) is 41.1 Å². The van der Waals surface area contributed by atoms with Crippen LogP contribution in [0, 0.1) is 5.92 Å². The van der Waals surface area contributed by atoms with Gasteiger partial charge >= 0.3 is 6.18 Å². The Morgan fingerprint density at radius 1 is 1.33 bits per heavy atom. The molecule has 0 aromatic heterocycles. The Balaban J connectivity index is 0.00000289. The van der Waals surface area contributed by atoms with Gasteiger partial charge in [0.2, 0.25) is 5.91 Å². The highest BCUT2D eigenvalue weighted by Gasteiger charge is 2.46. The SMILES string of the molecule is CNCCC(=O)NC(C1CCCC1)C(F)(F)F.Cl. The molecule has 1 aliphatic carbocycles. The normalized spacial score (nSPS) is 18.2. The molecule has 0 saturated heterocycles. The highest BCUT2D eigenvalue weighted by atomic mass is 35.5. The number of hydrogen-bond acceptors (Lipinski definition) is 2. The molecule has 18 heavy (non-hydrogen) atoms. The molecular weight excluding hydrogens is 269 g/mol. The van der Waals surface area contributed by atoms with E-state index in [1.54, 1.807) is 7.05 Å². The summed E-state index contributed by atoms with van der Waals surface area (Å²) in [6.07, 6.45) is -1.51. The summed E-state index contributed by atoms with van der Waals surface area (Å²) in [6.45, 7) is 0.390. The Hall–Kier alpha value is -0.490. The summed E-state index contributed by atoms with van der Waals surface area (Å²) in [5, 5.41) is 4.87. The molecule has 3 nitrogen and oxygen atoms in total. The molecule has 0 aromatic carbocycles. The third-order valence-corrected chi connectivity index (χ3v) is 3.14. The number of nitrogens with one attached hydrogen (secondary N) is 2. The van der Waals surface area contributed by atoms with Gasteiger partial charge in [-0.1, -0.05) is 12.8 Å². The van der Waals surface area contributed by atoms with E-state index < -0.39 is 24.0 Å². The van der Waals surface area contributed by atoms with Gasteiger partial charge in [0.25, 0.3) is 0 Å². The van der Waals surface area contributed by atoms with Crippen LogP contribution in [0.4, 0.5) is 13.2 Å². The Kier molecular flexibility index (Phi) is 7.62. The van der Waals surface area contributed by atoms with Crippen LogP contribution in [0.3, 0.4) is 0 Å². The maximum atomic E-state index is 12.8. The minimum Gasteiger partial charge on any atom is -0.344 e. The Labute approximate surface area is 111 Å². The molecule has 1 saturated carbocycles. The van der Waals surface area contributed by atoms with Gasteiger partial charge in [0, 0.05) is 13.0 Å². The van der Waals surface area contributed by atoms with Crippen LogP contribution in [0.1, 0.15) is 32.1 Å². The highest BCUT2D eigenvalue weighted by Crippen LogP contribution is 2.35. The van der Waals surface area contributed by atoms with E-state index in [4.69, 9.17) is 0 Å². The van der Waals surface area contributed by atoms with Crippen molar-refractivity contribution in [1.82, 2.24) is 10.6 Å². The molecule has 0 radical (unpaired) electrons. The minimum absolute atomic E-state index is 0. The van der Waals surface area contributed by atoms with Gasteiger partial charge in [0.05, 0.1) is 0 Å². The summed E-state index contributed by atoms with van der Waals surface area (Å²) in [5.74, 6) is -0.984. The first-order chi connectivity index (χ1) is 7.95. The summed E-state index contributed by atoms with van der Waals surface area (Å²) >= 11 is 0. The number of hydrogen-bond donors (Lipinski definition) is 2. The molecule has 0 aliphatic heterocycles. The molecule has 0 heterocycles. The molecule has 1 rings (SSSR count). The molecule has 1 fully saturated rings. The fourth-order valence-electron chi connectivity index (χ4n) is 2.24. The summed E-state index contributed by atoms with van der Waals surface area (Å²) in [7, 11) is 1.66. The average Bonchev–Trinajstić information content (AvgIpc) is 2.74. The van der Waals surface area contributed by atoms with Crippen LogP contribution in [0.2, 0.25) is 0 Å². The summed E-state index contributed by atoms with van der Waals surface area (Å²) in [5.41, 5.74) is 0. The second-order valence-electron chi connectivity index (χ2n) is 4.48. The summed E-state index contributed by atoms with van der Waals surface area (Å²) in [6, 6.07) is -1.67. The monoisotopic (exact) mass is 288 g/mol. The zero-order chi connectivity index (χ0) is 12.9. The number of alkyl halides is 3. The molecule has 108 valence electrons. The first-order valence-corrected chi connectivity index (χ1v) is 5.96. The van der Waals surface area contributed by atoms with E-state index in [0.29, 0.717) is 19.4 Å². The van der Waals surface area contributed by atoms with Gasteiger partial charge in [-0.05, 0) is 25.8 Å². The molecule has 0 bridgehead atoms. The van der Waals surface area contributed by atoms with E-state index in [1.165, 1.54) is 0 Å². The van der Waals surface area contributed by atoms with E-state index in [1.807, 2.05) is 0 Å². The van der Waals surface area contributed by atoms with Gasteiger partial charge < -0.3 is 10.6 Å². The Bertz CT molecular complexity index is 255. The van der Waals surface area contributed by atoms with Gasteiger partial charge in [-0.25, -0.2) is 0 Å². The zero-order valence-electron chi connectivity index (χ0n) is 10.3. The van der Waals surface area contributed by atoms with Crippen LogP contribution in [-0.4, -0.2) is 31.7 Å². The van der Waals surface area contributed by atoms with Crippen LogP contribution < -0.4 is 10.6 Å². The predicted molar refractivity (Wildman–Crippen MR) is 65.7 cm³/mol. The number of carbonyl (C=O) groups excluding carboxylic acids is 1. The highest BCUT2D eigenvalue weighted by molar-refractivity contribution is 5.85. The first kappa shape index (κ1) is 17.5. The van der Waals surface area contributed by atoms with Crippen molar-refractivity contribution in [1.29, 1.82) is 0 Å². The summed E-state index contributed by atoms with van der Waals surface area (Å²) in [4.78, 5) is 11.4. The third-order valence-electron chi connectivity index (χ3n) is 3.14. The maximum absolute atomic E-state index is 12.8. The molecule has 7 heteroatoms. The molecular formula is C11H20ClF3N2O. The van der Waals surface area contributed by atoms with Crippen molar-refractivity contribution in [2.75, 3.05) is 13.6 Å². The molecule has 1 atom stereocenters. The second-order valence-corrected chi connectivity index (χ2v) is 4.48. The predicted octanol–water partition coefficient (Wildman–Crippen LogP) is 2.26. The average molecular weight is 289 g/mol. The third kappa shape index (κ3) is 5.44. The Morgan fingerprint density at radius 3 is 2.33 bits per heavy atom. The number of carbonyl (C=O) groups is 1. The number of amides is 1. The Morgan fingerprint density at radius 2 is 1.89 bits per heavy atom. The van der Waals surface area contributed by atoms with Crippen molar-refractivity contribution in [3.8, 4) is 0 Å². The molecule has 1 unspecified atom stereocenters. The lowest BCUT2D eigenvalue weighted by Crippen LogP contribution is -2.49. The van der Waals surface area contributed by atoms with E-state index >= 15 is 0 Å². The van der Waals surface area contributed by atoms with Crippen LogP contribution in [-0.2, 0) is 4.79 Å².